The third-order valence-electron chi connectivity index (χ3n) is 14.4. The lowest BCUT2D eigenvalue weighted by Gasteiger charge is -2.21. The monoisotopic (exact) mass is 1480 g/mol. The normalized spacial score (nSPS) is 15.1. The van der Waals surface area contributed by atoms with Gasteiger partial charge in [0.1, 0.15) is 19.3 Å². The van der Waals surface area contributed by atoms with E-state index in [1.165, 1.54) is 0 Å². The molecule has 104 heavy (non-hydrogen) atoms. The smallest absolute Gasteiger partial charge is 0.462 e. The lowest BCUT2D eigenvalue weighted by molar-refractivity contribution is -0.161. The van der Waals surface area contributed by atoms with Crippen LogP contribution >= 0.6 is 15.6 Å². The summed E-state index contributed by atoms with van der Waals surface area (Å²) in [4.78, 5) is 72.8. The van der Waals surface area contributed by atoms with Crippen LogP contribution in [0.5, 0.6) is 0 Å². The molecule has 0 amide bonds. The molecule has 0 saturated carbocycles. The van der Waals surface area contributed by atoms with E-state index >= 15 is 0 Å². The molecule has 0 heterocycles. The molecule has 3 N–H and O–H groups in total. The summed E-state index contributed by atoms with van der Waals surface area (Å²) < 4.78 is 68.2. The van der Waals surface area contributed by atoms with Crippen molar-refractivity contribution in [1.82, 2.24) is 0 Å². The van der Waals surface area contributed by atoms with E-state index < -0.39 is 97.5 Å². The van der Waals surface area contributed by atoms with Crippen LogP contribution in [-0.4, -0.2) is 96.7 Å². The van der Waals surface area contributed by atoms with Crippen LogP contribution in [0.4, 0.5) is 0 Å². The van der Waals surface area contributed by atoms with Gasteiger partial charge in [0, 0.05) is 19.3 Å². The number of ether oxygens (including phenoxy) is 4. The van der Waals surface area contributed by atoms with Crippen molar-refractivity contribution in [3.63, 3.8) is 0 Å². The van der Waals surface area contributed by atoms with E-state index in [1.54, 1.807) is 12.2 Å². The van der Waals surface area contributed by atoms with Gasteiger partial charge >= 0.3 is 39.5 Å². The van der Waals surface area contributed by atoms with Crippen molar-refractivity contribution in [2.75, 3.05) is 39.6 Å². The Morgan fingerprint density at radius 2 is 0.567 bits per heavy atom. The van der Waals surface area contributed by atoms with Gasteiger partial charge in [0.25, 0.3) is 0 Å². The highest BCUT2D eigenvalue weighted by atomic mass is 31.2. The molecule has 17 nitrogen and oxygen atoms in total. The summed E-state index contributed by atoms with van der Waals surface area (Å²) in [6, 6.07) is 0. The zero-order chi connectivity index (χ0) is 76.0. The molecule has 582 valence electrons. The summed E-state index contributed by atoms with van der Waals surface area (Å²) in [5.41, 5.74) is 0. The highest BCUT2D eigenvalue weighted by Crippen LogP contribution is 2.45. The van der Waals surface area contributed by atoms with Crippen LogP contribution in [-0.2, 0) is 65.4 Å². The van der Waals surface area contributed by atoms with Gasteiger partial charge in [-0.25, -0.2) is 9.13 Å². The van der Waals surface area contributed by atoms with Crippen molar-refractivity contribution in [2.24, 2.45) is 0 Å². The van der Waals surface area contributed by atoms with Crippen molar-refractivity contribution >= 4 is 39.5 Å². The Bertz CT molecular complexity index is 2840. The summed E-state index contributed by atoms with van der Waals surface area (Å²) in [7, 11) is -10.0. The Morgan fingerprint density at radius 3 is 0.942 bits per heavy atom. The minimum atomic E-state index is -5.03. The predicted molar refractivity (Wildman–Crippen MR) is 426 cm³/mol. The van der Waals surface area contributed by atoms with Gasteiger partial charge in [-0.05, 0) is 154 Å². The molecule has 0 aromatic rings. The molecule has 0 radical (unpaired) electrons. The van der Waals surface area contributed by atoms with Gasteiger partial charge < -0.3 is 33.8 Å². The fraction of sp³-hybridized carbons (Fsp3) is 0.529. The molecule has 0 aliphatic heterocycles. The molecule has 0 aliphatic rings. The van der Waals surface area contributed by atoms with Gasteiger partial charge in [-0.1, -0.05) is 272 Å². The molecule has 0 aromatic heterocycles. The quantitative estimate of drug-likeness (QED) is 0.0169. The number of carbonyl (C=O) groups excluding carboxylic acids is 4. The minimum Gasteiger partial charge on any atom is -0.462 e. The van der Waals surface area contributed by atoms with Gasteiger partial charge in [-0.2, -0.15) is 0 Å². The summed E-state index contributed by atoms with van der Waals surface area (Å²) in [5, 5.41) is 10.6. The molecule has 0 spiro atoms. The van der Waals surface area contributed by atoms with Crippen molar-refractivity contribution in [1.29, 1.82) is 0 Å². The zero-order valence-corrected chi connectivity index (χ0v) is 65.1. The lowest BCUT2D eigenvalue weighted by atomic mass is 10.1. The van der Waals surface area contributed by atoms with Crippen LogP contribution in [0.15, 0.2) is 219 Å². The third kappa shape index (κ3) is 73.7. The van der Waals surface area contributed by atoms with Crippen molar-refractivity contribution in [2.45, 2.75) is 251 Å². The van der Waals surface area contributed by atoms with Crippen LogP contribution < -0.4 is 0 Å². The Morgan fingerprint density at radius 1 is 0.288 bits per heavy atom. The van der Waals surface area contributed by atoms with Crippen molar-refractivity contribution in [3.8, 4) is 0 Å². The minimum absolute atomic E-state index is 0.00557. The van der Waals surface area contributed by atoms with E-state index in [0.29, 0.717) is 38.5 Å². The molecule has 5 unspecified atom stereocenters. The first-order valence-electron chi connectivity index (χ1n) is 38.0. The summed E-state index contributed by atoms with van der Waals surface area (Å²) in [5.74, 6) is -2.54. The average Bonchev–Trinajstić information content (AvgIpc) is 0.911. The first-order chi connectivity index (χ1) is 50.7. The van der Waals surface area contributed by atoms with Gasteiger partial charge in [0.2, 0.25) is 0 Å². The van der Waals surface area contributed by atoms with Crippen LogP contribution in [0.3, 0.4) is 0 Å². The van der Waals surface area contributed by atoms with E-state index in [9.17, 15) is 43.2 Å². The molecule has 0 aliphatic carbocycles. The molecule has 0 saturated heterocycles. The van der Waals surface area contributed by atoms with Gasteiger partial charge in [0.15, 0.2) is 12.2 Å². The largest absolute Gasteiger partial charge is 0.472 e. The number of hydrogen-bond acceptors (Lipinski definition) is 15. The number of phosphoric acid groups is 2. The number of hydrogen-bond donors (Lipinski definition) is 3. The second-order valence-electron chi connectivity index (χ2n) is 24.1. The Labute approximate surface area is 626 Å². The van der Waals surface area contributed by atoms with E-state index in [1.807, 2.05) is 42.5 Å². The maximum atomic E-state index is 13.1. The molecular formula is C85H130O17P2. The fourth-order valence-corrected chi connectivity index (χ4v) is 10.4. The summed E-state index contributed by atoms with van der Waals surface area (Å²) >= 11 is 0. The van der Waals surface area contributed by atoms with E-state index in [0.717, 1.165) is 141 Å². The zero-order valence-electron chi connectivity index (χ0n) is 63.3. The molecule has 5 atom stereocenters. The average molecular weight is 1490 g/mol. The number of esters is 4. The molecular weight excluding hydrogens is 1350 g/mol. The van der Waals surface area contributed by atoms with Crippen LogP contribution in [0.2, 0.25) is 0 Å². The van der Waals surface area contributed by atoms with Crippen molar-refractivity contribution in [3.05, 3.63) is 219 Å². The highest BCUT2D eigenvalue weighted by molar-refractivity contribution is 7.47. The first kappa shape index (κ1) is 97.4. The molecule has 0 fully saturated rings. The first-order valence-corrected chi connectivity index (χ1v) is 41.0. The number of allylic oxidation sites excluding steroid dienone is 35. The maximum Gasteiger partial charge on any atom is 0.472 e. The molecule has 19 heteroatoms. The topological polar surface area (TPSA) is 237 Å². The maximum absolute atomic E-state index is 13.1. The van der Waals surface area contributed by atoms with Crippen LogP contribution in [0.25, 0.3) is 0 Å². The molecule has 0 aromatic carbocycles. The van der Waals surface area contributed by atoms with Crippen molar-refractivity contribution < 1.29 is 80.2 Å². The molecule has 0 rings (SSSR count). The Balaban J connectivity index is 5.57. The Kier molecular flexibility index (Phi) is 69.9. The summed E-state index contributed by atoms with van der Waals surface area (Å²) in [6.07, 6.45) is 94.2. The van der Waals surface area contributed by atoms with Gasteiger partial charge in [0.05, 0.1) is 32.8 Å². The Hall–Kier alpha value is -6.62. The van der Waals surface area contributed by atoms with Crippen LogP contribution in [0.1, 0.15) is 233 Å². The SMILES string of the molecule is CC/C=C\C/C=C\C/C=C\C/C=C\C/C=C\C/C=C\CCC(=O)OCC(COP(=O)(O)OCC(O)COP(=O)(O)OCC(COC(=O)CCC/C=C\C/C=C\C/C=C\C/C=C\C/C=C\CC)OC(=O)CCCCCCC/C=C\C/C=C\CCC)OC(=O)C/C=C\C/C=C\C/C=C\C/C=C\C/C=C\CC. The number of phosphoric ester groups is 2. The number of unbranched alkanes of at least 4 members (excludes halogenated alkanes) is 7. The van der Waals surface area contributed by atoms with E-state index in [4.69, 9.17) is 37.0 Å². The lowest BCUT2D eigenvalue weighted by Crippen LogP contribution is -2.30. The number of carbonyl (C=O) groups is 4. The fourth-order valence-electron chi connectivity index (χ4n) is 8.80. The van der Waals surface area contributed by atoms with Crippen LogP contribution in [0, 0.1) is 0 Å². The predicted octanol–water partition coefficient (Wildman–Crippen LogP) is 22.1. The molecule has 0 bridgehead atoms. The number of aliphatic hydroxyl groups excluding tert-OH is 1. The second-order valence-corrected chi connectivity index (χ2v) is 27.0. The second kappa shape index (κ2) is 74.6. The standard InChI is InChI=1S/C85H130O17P2/c1-5-9-13-17-21-25-29-33-36-38-39-41-44-47-50-54-58-62-66-70-83(88)96-76-81(102-85(90)72-68-64-60-56-52-48-42-35-31-27-23-19-15-11-7-3)78-100-104(93,94)98-74-79(86)73-97-103(91,92)99-77-80(101-84(89)71-67-63-59-55-51-45-32-28-24-20-16-12-8-4)75-95-82(87)69-65-61-57-53-49-46-43-40-37-34-30-26-22-18-14-10-6-2/h9-11,13-16,20-23,25-28,32-37,39,41-43,46-47,50,52-53,56-58,62,64,68,79-81,86H,5-8,12,17-19,24,29-31,38,40,44-45,48-49,51,54-55,59-61,63,65-67,69-78H2,1-4H3,(H,91,92)(H,93,94)/b13-9-,14-10-,15-11-,20-16-,25-21-,26-22-,27-23-,32-28-,36-33-,37-34-,41-39-,42-35-,46-43-,50-47-,56-52-,57-53-,62-58-,68-64-. The van der Waals surface area contributed by atoms with Gasteiger partial charge in [-0.3, -0.25) is 37.3 Å². The van der Waals surface area contributed by atoms with E-state index in [-0.39, 0.29) is 25.7 Å². The number of rotatable bonds is 68. The summed E-state index contributed by atoms with van der Waals surface area (Å²) in [6.45, 7) is 4.12. The third-order valence-corrected chi connectivity index (χ3v) is 16.3. The highest BCUT2D eigenvalue weighted by Gasteiger charge is 2.30. The van der Waals surface area contributed by atoms with E-state index in [2.05, 4.69) is 192 Å². The number of aliphatic hydroxyl groups is 1. The van der Waals surface area contributed by atoms with Gasteiger partial charge in [-0.15, -0.1) is 0 Å².